The van der Waals surface area contributed by atoms with Crippen molar-refractivity contribution in [2.24, 2.45) is 0 Å². The molecule has 0 saturated carbocycles. The lowest BCUT2D eigenvalue weighted by molar-refractivity contribution is -0.0126. The largest absolute Gasteiger partial charge is 0.445 e. The minimum absolute atomic E-state index is 0.0444. The topological polar surface area (TPSA) is 67.8 Å². The SMILES string of the molecule is C[C@@H](O[Si](C)(C)C(C)(C)C)[C@H](NC(=O)OCc1ccccc1)C(O)(c1ccccc1)c1ccccc1. The van der Waals surface area contributed by atoms with Crippen LogP contribution in [0.3, 0.4) is 0 Å². The van der Waals surface area contributed by atoms with Gasteiger partial charge in [0.15, 0.2) is 8.32 Å². The zero-order valence-corrected chi connectivity index (χ0v) is 23.2. The van der Waals surface area contributed by atoms with Crippen molar-refractivity contribution in [2.45, 2.75) is 70.2 Å². The second kappa shape index (κ2) is 11.4. The molecular weight excluding hydrogens is 466 g/mol. The quantitative estimate of drug-likeness (QED) is 0.320. The van der Waals surface area contributed by atoms with E-state index >= 15 is 0 Å². The summed E-state index contributed by atoms with van der Waals surface area (Å²) >= 11 is 0. The molecule has 192 valence electrons. The van der Waals surface area contributed by atoms with E-state index in [4.69, 9.17) is 9.16 Å². The van der Waals surface area contributed by atoms with Crippen LogP contribution in [0.25, 0.3) is 0 Å². The normalized spacial score (nSPS) is 14.1. The molecule has 0 aliphatic rings. The fourth-order valence-corrected chi connectivity index (χ4v) is 5.49. The van der Waals surface area contributed by atoms with Gasteiger partial charge in [0.25, 0.3) is 0 Å². The van der Waals surface area contributed by atoms with Gasteiger partial charge in [0.05, 0.1) is 12.1 Å². The summed E-state index contributed by atoms with van der Waals surface area (Å²) in [5.74, 6) is 0. The summed E-state index contributed by atoms with van der Waals surface area (Å²) in [6, 6.07) is 27.5. The Balaban J connectivity index is 2.01. The zero-order chi connectivity index (χ0) is 26.4. The average Bonchev–Trinajstić information content (AvgIpc) is 2.86. The number of alkyl carbamates (subject to hydrolysis) is 1. The van der Waals surface area contributed by atoms with Crippen LogP contribution in [0.5, 0.6) is 0 Å². The Labute approximate surface area is 216 Å². The molecule has 0 spiro atoms. The van der Waals surface area contributed by atoms with Crippen molar-refractivity contribution in [3.63, 3.8) is 0 Å². The van der Waals surface area contributed by atoms with Gasteiger partial charge in [-0.2, -0.15) is 0 Å². The molecule has 3 aromatic rings. The fraction of sp³-hybridized carbons (Fsp3) is 0.367. The molecule has 36 heavy (non-hydrogen) atoms. The van der Waals surface area contributed by atoms with Crippen LogP contribution in [0.1, 0.15) is 44.4 Å². The van der Waals surface area contributed by atoms with Crippen molar-refractivity contribution in [2.75, 3.05) is 0 Å². The van der Waals surface area contributed by atoms with E-state index in [2.05, 4.69) is 39.2 Å². The number of carbonyl (C=O) groups is 1. The molecule has 0 bridgehead atoms. The average molecular weight is 506 g/mol. The highest BCUT2D eigenvalue weighted by Crippen LogP contribution is 2.40. The Morgan fingerprint density at radius 2 is 1.31 bits per heavy atom. The molecule has 3 aromatic carbocycles. The molecule has 0 aliphatic heterocycles. The number of aliphatic hydroxyl groups is 1. The monoisotopic (exact) mass is 505 g/mol. The standard InChI is InChI=1S/C30H39NO4Si/c1-23(35-36(5,6)29(2,3)4)27(31-28(32)34-22-24-16-10-7-11-17-24)30(33,25-18-12-8-13-19-25)26-20-14-9-15-21-26/h7-21,23,27,33H,22H2,1-6H3,(H,31,32)/t23-,27+/m1/s1. The van der Waals surface area contributed by atoms with Gasteiger partial charge in [0, 0.05) is 0 Å². The number of hydrogen-bond donors (Lipinski definition) is 2. The molecule has 0 aliphatic carbocycles. The third-order valence-electron chi connectivity index (χ3n) is 7.12. The first-order valence-corrected chi connectivity index (χ1v) is 15.3. The number of carbonyl (C=O) groups excluding carboxylic acids is 1. The maximum absolute atomic E-state index is 13.1. The highest BCUT2D eigenvalue weighted by molar-refractivity contribution is 6.74. The molecule has 0 radical (unpaired) electrons. The van der Waals surface area contributed by atoms with Crippen LogP contribution in [0, 0.1) is 0 Å². The molecule has 2 N–H and O–H groups in total. The summed E-state index contributed by atoms with van der Waals surface area (Å²) < 4.78 is 12.3. The summed E-state index contributed by atoms with van der Waals surface area (Å²) in [4.78, 5) is 13.1. The maximum atomic E-state index is 13.1. The number of amides is 1. The van der Waals surface area contributed by atoms with Gasteiger partial charge >= 0.3 is 6.09 Å². The first-order valence-electron chi connectivity index (χ1n) is 12.4. The predicted octanol–water partition coefficient (Wildman–Crippen LogP) is 6.63. The first kappa shape index (κ1) is 27.7. The first-order chi connectivity index (χ1) is 16.9. The maximum Gasteiger partial charge on any atom is 0.407 e. The molecule has 5 nitrogen and oxygen atoms in total. The Kier molecular flexibility index (Phi) is 8.77. The van der Waals surface area contributed by atoms with E-state index in [0.29, 0.717) is 11.1 Å². The lowest BCUT2D eigenvalue weighted by Crippen LogP contribution is -2.60. The molecule has 3 rings (SSSR count). The summed E-state index contributed by atoms with van der Waals surface area (Å²) in [5, 5.41) is 15.4. The number of rotatable bonds is 9. The van der Waals surface area contributed by atoms with Crippen LogP contribution < -0.4 is 5.32 Å². The van der Waals surface area contributed by atoms with Crippen LogP contribution in [0.4, 0.5) is 4.79 Å². The zero-order valence-electron chi connectivity index (χ0n) is 22.2. The van der Waals surface area contributed by atoms with Crippen molar-refractivity contribution < 1.29 is 19.1 Å². The van der Waals surface area contributed by atoms with Crippen molar-refractivity contribution in [3.05, 3.63) is 108 Å². The Morgan fingerprint density at radius 1 is 0.861 bits per heavy atom. The lowest BCUT2D eigenvalue weighted by Gasteiger charge is -2.45. The van der Waals surface area contributed by atoms with Crippen molar-refractivity contribution in [3.8, 4) is 0 Å². The van der Waals surface area contributed by atoms with Gasteiger partial charge in [-0.05, 0) is 41.7 Å². The second-order valence-corrected chi connectivity index (χ2v) is 15.5. The molecule has 2 atom stereocenters. The molecule has 0 heterocycles. The minimum atomic E-state index is -2.24. The molecular formula is C30H39NO4Si. The van der Waals surface area contributed by atoms with Crippen LogP contribution >= 0.6 is 0 Å². The van der Waals surface area contributed by atoms with E-state index in [1.807, 2.05) is 97.9 Å². The molecule has 0 fully saturated rings. The second-order valence-electron chi connectivity index (χ2n) is 10.8. The van der Waals surface area contributed by atoms with Gasteiger partial charge in [-0.3, -0.25) is 0 Å². The summed E-state index contributed by atoms with van der Waals surface area (Å²) in [6.45, 7) is 12.9. The number of benzene rings is 3. The van der Waals surface area contributed by atoms with Gasteiger partial charge in [-0.1, -0.05) is 112 Å². The van der Waals surface area contributed by atoms with Gasteiger partial charge in [0.2, 0.25) is 0 Å². The van der Waals surface area contributed by atoms with Gasteiger partial charge in [-0.25, -0.2) is 4.79 Å². The summed E-state index contributed by atoms with van der Waals surface area (Å²) in [7, 11) is -2.24. The Morgan fingerprint density at radius 3 is 1.75 bits per heavy atom. The highest BCUT2D eigenvalue weighted by atomic mass is 28.4. The third-order valence-corrected chi connectivity index (χ3v) is 11.7. The van der Waals surface area contributed by atoms with E-state index in [0.717, 1.165) is 5.56 Å². The predicted molar refractivity (Wildman–Crippen MR) is 147 cm³/mol. The molecule has 6 heteroatoms. The van der Waals surface area contributed by atoms with Crippen molar-refractivity contribution in [1.82, 2.24) is 5.32 Å². The van der Waals surface area contributed by atoms with Crippen molar-refractivity contribution >= 4 is 14.4 Å². The lowest BCUT2D eigenvalue weighted by atomic mass is 9.78. The number of hydrogen-bond acceptors (Lipinski definition) is 4. The van der Waals surface area contributed by atoms with E-state index in [9.17, 15) is 9.90 Å². The summed E-state index contributed by atoms with van der Waals surface area (Å²) in [6.07, 6.45) is -1.12. The highest BCUT2D eigenvalue weighted by Gasteiger charge is 2.48. The minimum Gasteiger partial charge on any atom is -0.445 e. The van der Waals surface area contributed by atoms with E-state index < -0.39 is 32.2 Å². The van der Waals surface area contributed by atoms with Crippen LogP contribution in [0.15, 0.2) is 91.0 Å². The fourth-order valence-electron chi connectivity index (χ4n) is 4.07. The number of ether oxygens (including phenoxy) is 1. The molecule has 1 amide bonds. The van der Waals surface area contributed by atoms with Crippen molar-refractivity contribution in [1.29, 1.82) is 0 Å². The summed E-state index contributed by atoms with van der Waals surface area (Å²) in [5.41, 5.74) is 0.650. The van der Waals surface area contributed by atoms with E-state index in [-0.39, 0.29) is 11.6 Å². The van der Waals surface area contributed by atoms with Crippen LogP contribution in [0.2, 0.25) is 18.1 Å². The smallest absolute Gasteiger partial charge is 0.407 e. The third kappa shape index (κ3) is 6.43. The van der Waals surface area contributed by atoms with Gasteiger partial charge in [0.1, 0.15) is 12.2 Å². The molecule has 0 saturated heterocycles. The van der Waals surface area contributed by atoms with E-state index in [1.165, 1.54) is 0 Å². The van der Waals surface area contributed by atoms with Gasteiger partial charge < -0.3 is 19.6 Å². The van der Waals surface area contributed by atoms with Gasteiger partial charge in [-0.15, -0.1) is 0 Å². The van der Waals surface area contributed by atoms with E-state index in [1.54, 1.807) is 0 Å². The molecule has 0 aromatic heterocycles. The number of nitrogens with one attached hydrogen (secondary N) is 1. The van der Waals surface area contributed by atoms with Crippen LogP contribution in [-0.2, 0) is 21.4 Å². The molecule has 0 unspecified atom stereocenters. The Bertz CT molecular complexity index is 1060. The Hall–Kier alpha value is -2.93. The van der Waals surface area contributed by atoms with Crippen LogP contribution in [-0.4, -0.2) is 31.7 Å².